The predicted molar refractivity (Wildman–Crippen MR) is 43.1 cm³/mol. The van der Waals surface area contributed by atoms with Crippen molar-refractivity contribution in [3.63, 3.8) is 0 Å². The van der Waals surface area contributed by atoms with E-state index in [0.717, 1.165) is 6.07 Å². The van der Waals surface area contributed by atoms with Crippen LogP contribution in [-0.4, -0.2) is 17.7 Å². The molecule has 68 valence electrons. The molecule has 0 amide bonds. The molecule has 0 saturated heterocycles. The Balaban J connectivity index is 3.36. The van der Waals surface area contributed by atoms with E-state index in [2.05, 4.69) is 0 Å². The van der Waals surface area contributed by atoms with E-state index in [1.807, 2.05) is 0 Å². The fourth-order valence-corrected chi connectivity index (χ4v) is 1.02. The first-order valence-electron chi connectivity index (χ1n) is 3.56. The number of hydrogen-bond donors (Lipinski definition) is 1. The Morgan fingerprint density at radius 3 is 2.46 bits per heavy atom. The fraction of sp³-hybridized carbons (Fsp3) is 0.111. The van der Waals surface area contributed by atoms with Gasteiger partial charge in [-0.15, -0.1) is 0 Å². The third-order valence-electron chi connectivity index (χ3n) is 1.67. The number of carbonyl (C=O) groups excluding carboxylic acids is 2. The summed E-state index contributed by atoms with van der Waals surface area (Å²) in [7, 11) is 0. The van der Waals surface area contributed by atoms with Crippen molar-refractivity contribution in [3.8, 4) is 0 Å². The summed E-state index contributed by atoms with van der Waals surface area (Å²) in [6.07, 6.45) is 0.846. The van der Waals surface area contributed by atoms with Crippen LogP contribution in [0.2, 0.25) is 0 Å². The van der Waals surface area contributed by atoms with Gasteiger partial charge >= 0.3 is 0 Å². The van der Waals surface area contributed by atoms with Gasteiger partial charge in [0.2, 0.25) is 0 Å². The predicted octanol–water partition coefficient (Wildman–Crippen LogP) is 0.943. The summed E-state index contributed by atoms with van der Waals surface area (Å²) in [5, 5.41) is 8.71. The van der Waals surface area contributed by atoms with E-state index in [0.29, 0.717) is 12.6 Å². The number of halogens is 1. The third-order valence-corrected chi connectivity index (χ3v) is 1.67. The van der Waals surface area contributed by atoms with Crippen LogP contribution in [0, 0.1) is 5.82 Å². The number of benzene rings is 1. The number of aldehydes is 2. The highest BCUT2D eigenvalue weighted by Gasteiger charge is 2.08. The van der Waals surface area contributed by atoms with Crippen LogP contribution in [0.4, 0.5) is 4.39 Å². The van der Waals surface area contributed by atoms with E-state index in [1.54, 1.807) is 0 Å². The van der Waals surface area contributed by atoms with Crippen LogP contribution in [-0.2, 0) is 6.61 Å². The second kappa shape index (κ2) is 3.91. The highest BCUT2D eigenvalue weighted by Crippen LogP contribution is 2.14. The molecule has 0 aliphatic carbocycles. The molecule has 3 nitrogen and oxygen atoms in total. The Morgan fingerprint density at radius 2 is 2.00 bits per heavy atom. The molecule has 0 atom stereocenters. The van der Waals surface area contributed by atoms with Crippen molar-refractivity contribution in [2.24, 2.45) is 0 Å². The molecule has 0 aliphatic rings. The van der Waals surface area contributed by atoms with Gasteiger partial charge in [-0.3, -0.25) is 9.59 Å². The van der Waals surface area contributed by atoms with Crippen molar-refractivity contribution >= 4 is 12.6 Å². The molecule has 0 aromatic heterocycles. The summed E-state index contributed by atoms with van der Waals surface area (Å²) in [6.45, 7) is -0.557. The minimum absolute atomic E-state index is 0.00426. The smallest absolute Gasteiger partial charge is 0.150 e. The average Bonchev–Trinajstić information content (AvgIpc) is 2.16. The van der Waals surface area contributed by atoms with E-state index in [4.69, 9.17) is 5.11 Å². The van der Waals surface area contributed by atoms with Gasteiger partial charge in [-0.05, 0) is 12.1 Å². The van der Waals surface area contributed by atoms with Crippen LogP contribution in [0.15, 0.2) is 12.1 Å². The van der Waals surface area contributed by atoms with E-state index in [-0.39, 0.29) is 16.7 Å². The Morgan fingerprint density at radius 1 is 1.31 bits per heavy atom. The van der Waals surface area contributed by atoms with Crippen LogP contribution < -0.4 is 0 Å². The minimum atomic E-state index is -0.741. The van der Waals surface area contributed by atoms with Crippen LogP contribution in [0.1, 0.15) is 26.3 Å². The maximum Gasteiger partial charge on any atom is 0.150 e. The molecule has 0 fully saturated rings. The lowest BCUT2D eigenvalue weighted by molar-refractivity contribution is 0.111. The maximum atomic E-state index is 13.0. The summed E-state index contributed by atoms with van der Waals surface area (Å²) in [6, 6.07) is 2.21. The van der Waals surface area contributed by atoms with Crippen molar-refractivity contribution in [2.45, 2.75) is 6.61 Å². The van der Waals surface area contributed by atoms with Gasteiger partial charge in [-0.25, -0.2) is 4.39 Å². The third kappa shape index (κ3) is 1.78. The highest BCUT2D eigenvalue weighted by molar-refractivity contribution is 5.83. The second-order valence-corrected chi connectivity index (χ2v) is 2.46. The summed E-state index contributed by atoms with van der Waals surface area (Å²) < 4.78 is 13.0. The standard InChI is InChI=1S/C9H7FO3/c10-9-2-6(3-11)1-7(4-12)8(9)5-13/h1-4,13H,5H2. The normalized spacial score (nSPS) is 9.69. The molecule has 13 heavy (non-hydrogen) atoms. The van der Waals surface area contributed by atoms with Gasteiger partial charge in [0.25, 0.3) is 0 Å². The van der Waals surface area contributed by atoms with Gasteiger partial charge in [0.15, 0.2) is 6.29 Å². The molecular weight excluding hydrogens is 175 g/mol. The molecule has 0 heterocycles. The topological polar surface area (TPSA) is 54.4 Å². The number of aliphatic hydroxyl groups is 1. The molecule has 1 aromatic rings. The van der Waals surface area contributed by atoms with Crippen molar-refractivity contribution < 1.29 is 19.1 Å². The second-order valence-electron chi connectivity index (χ2n) is 2.46. The molecule has 0 bridgehead atoms. The lowest BCUT2D eigenvalue weighted by Gasteiger charge is -2.03. The SMILES string of the molecule is O=Cc1cc(F)c(CO)c(C=O)c1. The molecule has 1 rings (SSSR count). The van der Waals surface area contributed by atoms with E-state index >= 15 is 0 Å². The van der Waals surface area contributed by atoms with Crippen molar-refractivity contribution in [3.05, 3.63) is 34.6 Å². The average molecular weight is 182 g/mol. The summed E-state index contributed by atoms with van der Waals surface area (Å²) >= 11 is 0. The molecule has 1 N–H and O–H groups in total. The zero-order valence-electron chi connectivity index (χ0n) is 6.66. The first-order chi connectivity index (χ1) is 6.22. The van der Waals surface area contributed by atoms with Crippen molar-refractivity contribution in [1.29, 1.82) is 0 Å². The van der Waals surface area contributed by atoms with Crippen molar-refractivity contribution in [1.82, 2.24) is 0 Å². The van der Waals surface area contributed by atoms with Gasteiger partial charge in [0.1, 0.15) is 12.1 Å². The summed E-state index contributed by atoms with van der Waals surface area (Å²) in [5.41, 5.74) is 0.00185. The van der Waals surface area contributed by atoms with Gasteiger partial charge < -0.3 is 5.11 Å². The van der Waals surface area contributed by atoms with Crippen LogP contribution in [0.3, 0.4) is 0 Å². The number of rotatable bonds is 3. The maximum absolute atomic E-state index is 13.0. The minimum Gasteiger partial charge on any atom is -0.392 e. The molecule has 0 saturated carbocycles. The Labute approximate surface area is 73.8 Å². The number of carbonyl (C=O) groups is 2. The molecule has 4 heteroatoms. The number of hydrogen-bond acceptors (Lipinski definition) is 3. The molecule has 0 spiro atoms. The van der Waals surface area contributed by atoms with Gasteiger partial charge in [0, 0.05) is 16.7 Å². The Hall–Kier alpha value is -1.55. The Kier molecular flexibility index (Phi) is 2.87. The largest absolute Gasteiger partial charge is 0.392 e. The molecule has 1 aromatic carbocycles. The van der Waals surface area contributed by atoms with Crippen LogP contribution >= 0.6 is 0 Å². The van der Waals surface area contributed by atoms with Gasteiger partial charge in [-0.2, -0.15) is 0 Å². The molecule has 0 aliphatic heterocycles. The van der Waals surface area contributed by atoms with Crippen molar-refractivity contribution in [2.75, 3.05) is 0 Å². The fourth-order valence-electron chi connectivity index (χ4n) is 1.02. The van der Waals surface area contributed by atoms with E-state index in [9.17, 15) is 14.0 Å². The van der Waals surface area contributed by atoms with E-state index in [1.165, 1.54) is 6.07 Å². The molecule has 0 unspecified atom stereocenters. The zero-order valence-corrected chi connectivity index (χ0v) is 6.66. The quantitative estimate of drug-likeness (QED) is 0.708. The lowest BCUT2D eigenvalue weighted by Crippen LogP contribution is -1.99. The monoisotopic (exact) mass is 182 g/mol. The summed E-state index contributed by atoms with van der Waals surface area (Å²) in [4.78, 5) is 20.7. The van der Waals surface area contributed by atoms with Crippen LogP contribution in [0.5, 0.6) is 0 Å². The first-order valence-corrected chi connectivity index (χ1v) is 3.56. The molecular formula is C9H7FO3. The first kappa shape index (κ1) is 9.54. The summed E-state index contributed by atoms with van der Waals surface area (Å²) in [5.74, 6) is -0.741. The Bertz CT molecular complexity index is 347. The van der Waals surface area contributed by atoms with Gasteiger partial charge in [-0.1, -0.05) is 0 Å². The lowest BCUT2D eigenvalue weighted by atomic mass is 10.1. The van der Waals surface area contributed by atoms with Crippen LogP contribution in [0.25, 0.3) is 0 Å². The number of aliphatic hydroxyl groups excluding tert-OH is 1. The molecule has 0 radical (unpaired) electrons. The zero-order chi connectivity index (χ0) is 9.84. The van der Waals surface area contributed by atoms with E-state index < -0.39 is 12.4 Å². The van der Waals surface area contributed by atoms with Gasteiger partial charge in [0.05, 0.1) is 6.61 Å². The highest BCUT2D eigenvalue weighted by atomic mass is 19.1.